The van der Waals surface area contributed by atoms with E-state index in [0.29, 0.717) is 32.1 Å². The van der Waals surface area contributed by atoms with Gasteiger partial charge < -0.3 is 35.4 Å². The summed E-state index contributed by atoms with van der Waals surface area (Å²) in [7, 11) is -4.45. The Bertz CT molecular complexity index is 1200. The number of phosphoric acid groups is 1. The maximum Gasteiger partial charge on any atom is 0.472 e. The van der Waals surface area contributed by atoms with Crippen molar-refractivity contribution in [3.8, 4) is 0 Å². The Hall–Kier alpha value is -1.89. The van der Waals surface area contributed by atoms with Crippen molar-refractivity contribution in [3.05, 3.63) is 36.5 Å². The number of carbonyl (C=O) groups excluding carboxylic acids is 2. The maximum absolute atomic E-state index is 12.7. The molecule has 12 nitrogen and oxygen atoms in total. The third-order valence-corrected chi connectivity index (χ3v) is 12.1. The number of allylic oxidation sites excluding steroid dienone is 4. The molecule has 7 atom stereocenters. The van der Waals surface area contributed by atoms with Gasteiger partial charge in [0.15, 0.2) is 6.10 Å². The van der Waals surface area contributed by atoms with Gasteiger partial charge in [0, 0.05) is 31.7 Å². The third-order valence-electron chi connectivity index (χ3n) is 11.1. The Morgan fingerprint density at radius 2 is 1.25 bits per heavy atom. The highest BCUT2D eigenvalue weighted by Crippen LogP contribution is 2.43. The van der Waals surface area contributed by atoms with E-state index >= 15 is 0 Å². The number of unbranched alkanes of at least 4 members (excludes halogenated alkanes) is 18. The van der Waals surface area contributed by atoms with E-state index in [2.05, 4.69) is 26.0 Å². The van der Waals surface area contributed by atoms with E-state index in [4.69, 9.17) is 24.3 Å². The molecule has 1 saturated carbocycles. The summed E-state index contributed by atoms with van der Waals surface area (Å²) in [4.78, 5) is 35.1. The number of aliphatic hydroxyl groups is 3. The van der Waals surface area contributed by atoms with Crippen LogP contribution in [-0.2, 0) is 32.7 Å². The van der Waals surface area contributed by atoms with Crippen molar-refractivity contribution in [2.75, 3.05) is 26.4 Å². The number of hydrogen-bond donors (Lipinski definition) is 5. The van der Waals surface area contributed by atoms with Gasteiger partial charge in [0.05, 0.1) is 31.5 Å². The van der Waals surface area contributed by atoms with Crippen molar-refractivity contribution in [3.63, 3.8) is 0 Å². The first-order chi connectivity index (χ1) is 29.0. The molecule has 1 rings (SSSR count). The molecule has 0 aromatic rings. The van der Waals surface area contributed by atoms with Gasteiger partial charge in [0.2, 0.25) is 0 Å². The van der Waals surface area contributed by atoms with Crippen LogP contribution < -0.4 is 5.73 Å². The van der Waals surface area contributed by atoms with Gasteiger partial charge in [-0.15, -0.1) is 0 Å². The van der Waals surface area contributed by atoms with Crippen LogP contribution in [0.1, 0.15) is 187 Å². The Balaban J connectivity index is 2.35. The van der Waals surface area contributed by atoms with Gasteiger partial charge in [-0.2, -0.15) is 0 Å². The zero-order valence-electron chi connectivity index (χ0n) is 37.5. The Morgan fingerprint density at radius 1 is 0.700 bits per heavy atom. The second-order valence-corrected chi connectivity index (χ2v) is 18.0. The molecule has 0 aromatic carbocycles. The van der Waals surface area contributed by atoms with Crippen LogP contribution in [-0.4, -0.2) is 82.9 Å². The van der Waals surface area contributed by atoms with Crippen LogP contribution in [0.15, 0.2) is 36.5 Å². The van der Waals surface area contributed by atoms with Gasteiger partial charge in [0.1, 0.15) is 6.61 Å². The van der Waals surface area contributed by atoms with Gasteiger partial charge in [0.25, 0.3) is 0 Å². The van der Waals surface area contributed by atoms with Crippen LogP contribution in [0.2, 0.25) is 0 Å². The molecule has 350 valence electrons. The molecule has 60 heavy (non-hydrogen) atoms. The minimum absolute atomic E-state index is 0.0139. The molecule has 0 heterocycles. The lowest BCUT2D eigenvalue weighted by atomic mass is 9.89. The van der Waals surface area contributed by atoms with Crippen LogP contribution in [0, 0.1) is 11.8 Å². The van der Waals surface area contributed by atoms with Crippen LogP contribution >= 0.6 is 7.82 Å². The van der Waals surface area contributed by atoms with Gasteiger partial charge in [-0.1, -0.05) is 147 Å². The van der Waals surface area contributed by atoms with E-state index < -0.39 is 50.8 Å². The number of rotatable bonds is 40. The average molecular weight is 872 g/mol. The average Bonchev–Trinajstić information content (AvgIpc) is 3.49. The van der Waals surface area contributed by atoms with E-state index in [1.54, 1.807) is 6.08 Å². The first-order valence-electron chi connectivity index (χ1n) is 23.7. The van der Waals surface area contributed by atoms with E-state index in [9.17, 15) is 34.4 Å². The normalized spacial score (nSPS) is 20.3. The molecule has 0 saturated heterocycles. The van der Waals surface area contributed by atoms with E-state index in [-0.39, 0.29) is 50.9 Å². The van der Waals surface area contributed by atoms with Crippen LogP contribution in [0.25, 0.3) is 0 Å². The fourth-order valence-electron chi connectivity index (χ4n) is 7.45. The summed E-state index contributed by atoms with van der Waals surface area (Å²) in [6, 6.07) is 0. The number of nitrogens with two attached hydrogens (primary N) is 1. The monoisotopic (exact) mass is 872 g/mol. The predicted octanol–water partition coefficient (Wildman–Crippen LogP) is 10.1. The molecule has 0 radical (unpaired) electrons. The van der Waals surface area contributed by atoms with Crippen LogP contribution in [0.4, 0.5) is 0 Å². The van der Waals surface area contributed by atoms with E-state index in [0.717, 1.165) is 38.5 Å². The fraction of sp³-hybridized carbons (Fsp3) is 0.830. The Labute approximate surface area is 363 Å². The molecule has 1 fully saturated rings. The minimum atomic E-state index is -4.45. The summed E-state index contributed by atoms with van der Waals surface area (Å²) in [5, 5.41) is 31.3. The molecular formula is C47H86NO11P. The van der Waals surface area contributed by atoms with Gasteiger partial charge in [-0.25, -0.2) is 4.57 Å². The summed E-state index contributed by atoms with van der Waals surface area (Å²) in [6.45, 7) is 3.36. The van der Waals surface area contributed by atoms with Crippen molar-refractivity contribution in [1.29, 1.82) is 0 Å². The van der Waals surface area contributed by atoms with Crippen molar-refractivity contribution in [2.45, 2.75) is 212 Å². The summed E-state index contributed by atoms with van der Waals surface area (Å²) in [6.07, 6.45) is 35.5. The maximum atomic E-state index is 12.7. The van der Waals surface area contributed by atoms with Crippen LogP contribution in [0.3, 0.4) is 0 Å². The number of hydrogen-bond acceptors (Lipinski definition) is 11. The van der Waals surface area contributed by atoms with Gasteiger partial charge in [-0.05, 0) is 63.7 Å². The summed E-state index contributed by atoms with van der Waals surface area (Å²) >= 11 is 0. The number of aliphatic hydroxyl groups excluding tert-OH is 3. The SMILES string of the molecule is CCCCCCCC/C=C\CCCCCCCCCCCC(=O)OC[C@H](COP(=O)(O)OCCN)OC(=O)CCC/C=C/C[C@@H]1[C@@H](/C=C/[C@@H](O)CCCCC)[C@H](O)C[C@@H]1O. The Kier molecular flexibility index (Phi) is 35.2. The quantitative estimate of drug-likeness (QED) is 0.0169. The Morgan fingerprint density at radius 3 is 1.88 bits per heavy atom. The largest absolute Gasteiger partial charge is 0.472 e. The molecule has 0 aliphatic heterocycles. The lowest BCUT2D eigenvalue weighted by molar-refractivity contribution is -0.161. The summed E-state index contributed by atoms with van der Waals surface area (Å²) in [5.74, 6) is -1.44. The number of esters is 2. The van der Waals surface area contributed by atoms with E-state index in [1.807, 2.05) is 18.2 Å². The third kappa shape index (κ3) is 31.0. The molecule has 6 N–H and O–H groups in total. The summed E-state index contributed by atoms with van der Waals surface area (Å²) < 4.78 is 32.8. The molecule has 1 aliphatic rings. The first-order valence-corrected chi connectivity index (χ1v) is 25.2. The highest BCUT2D eigenvalue weighted by Gasteiger charge is 2.39. The molecule has 0 bridgehead atoms. The van der Waals surface area contributed by atoms with Gasteiger partial charge in [-0.3, -0.25) is 18.6 Å². The van der Waals surface area contributed by atoms with Crippen molar-refractivity contribution in [2.24, 2.45) is 17.6 Å². The zero-order valence-corrected chi connectivity index (χ0v) is 38.4. The number of ether oxygens (including phenoxy) is 2. The fourth-order valence-corrected chi connectivity index (χ4v) is 8.21. The van der Waals surface area contributed by atoms with Crippen molar-refractivity contribution >= 4 is 19.8 Å². The molecule has 0 spiro atoms. The zero-order chi connectivity index (χ0) is 44.1. The lowest BCUT2D eigenvalue weighted by Gasteiger charge is -2.20. The highest BCUT2D eigenvalue weighted by molar-refractivity contribution is 7.47. The molecule has 0 amide bonds. The van der Waals surface area contributed by atoms with E-state index in [1.165, 1.54) is 83.5 Å². The number of phosphoric ester groups is 1. The first kappa shape index (κ1) is 56.1. The molecular weight excluding hydrogens is 785 g/mol. The molecule has 1 unspecified atom stereocenters. The minimum Gasteiger partial charge on any atom is -0.462 e. The lowest BCUT2D eigenvalue weighted by Crippen LogP contribution is -2.29. The van der Waals surface area contributed by atoms with Crippen LogP contribution in [0.5, 0.6) is 0 Å². The predicted molar refractivity (Wildman–Crippen MR) is 240 cm³/mol. The highest BCUT2D eigenvalue weighted by atomic mass is 31.2. The smallest absolute Gasteiger partial charge is 0.462 e. The second-order valence-electron chi connectivity index (χ2n) is 16.6. The second kappa shape index (κ2) is 37.6. The number of carbonyl (C=O) groups is 2. The van der Waals surface area contributed by atoms with Crippen molar-refractivity contribution in [1.82, 2.24) is 0 Å². The van der Waals surface area contributed by atoms with Gasteiger partial charge >= 0.3 is 19.8 Å². The van der Waals surface area contributed by atoms with Crippen molar-refractivity contribution < 1.29 is 52.9 Å². The standard InChI is InChI=1S/C47H86NO11P/c1-3-5-7-8-9-10-11-12-13-14-15-16-17-18-19-20-21-22-27-31-46(52)56-38-41(39-58-60(54,55)57-36-35-48)59-47(53)32-28-24-23-26-30-42-43(45(51)37-44(42)50)34-33-40(49)29-25-6-4-2/h12-13,23,26,33-34,40-45,49-51H,3-11,14-22,24-25,27-32,35-39,48H2,1-2H3,(H,54,55)/b13-12-,26-23+,34-33+/t40-,41+,42+,43+,44-,45+/m0/s1. The topological polar surface area (TPSA) is 195 Å². The molecule has 0 aromatic heterocycles. The molecule has 13 heteroatoms. The molecule has 1 aliphatic carbocycles. The summed E-state index contributed by atoms with van der Waals surface area (Å²) in [5.41, 5.74) is 5.35.